The highest BCUT2D eigenvalue weighted by Gasteiger charge is 2.30. The van der Waals surface area contributed by atoms with E-state index in [2.05, 4.69) is 43.7 Å². The highest BCUT2D eigenvalue weighted by molar-refractivity contribution is 9.28. The predicted molar refractivity (Wildman–Crippen MR) is 89.5 cm³/mol. The van der Waals surface area contributed by atoms with Gasteiger partial charge in [0.15, 0.2) is 0 Å². The van der Waals surface area contributed by atoms with Gasteiger partial charge < -0.3 is 0 Å². The molecule has 0 atom stereocenters. The van der Waals surface area contributed by atoms with Crippen molar-refractivity contribution in [2.75, 3.05) is 0 Å². The molecule has 2 rings (SSSR count). The summed E-state index contributed by atoms with van der Waals surface area (Å²) in [5, 5.41) is 0. The van der Waals surface area contributed by atoms with Crippen LogP contribution >= 0.6 is 31.9 Å². The number of hydrogen-bond acceptors (Lipinski definition) is 0. The summed E-state index contributed by atoms with van der Waals surface area (Å²) in [4.78, 5) is 0. The zero-order valence-corrected chi connectivity index (χ0v) is 14.3. The summed E-state index contributed by atoms with van der Waals surface area (Å²) < 4.78 is 38.4. The van der Waals surface area contributed by atoms with Crippen LogP contribution in [0.5, 0.6) is 0 Å². The Hall–Kier alpha value is -1.51. The van der Waals surface area contributed by atoms with Crippen LogP contribution in [0, 0.1) is 11.8 Å². The van der Waals surface area contributed by atoms with E-state index in [1.54, 1.807) is 0 Å². The van der Waals surface area contributed by atoms with E-state index in [9.17, 15) is 13.2 Å². The second kappa shape index (κ2) is 7.17. The van der Waals surface area contributed by atoms with Gasteiger partial charge in [-0.2, -0.15) is 13.2 Å². The van der Waals surface area contributed by atoms with Gasteiger partial charge in [0.1, 0.15) is 0 Å². The molecule has 2 aromatic rings. The van der Waals surface area contributed by atoms with Crippen LogP contribution in [0.15, 0.2) is 58.0 Å². The first-order chi connectivity index (χ1) is 10.4. The summed E-state index contributed by atoms with van der Waals surface area (Å²) in [5.41, 5.74) is 1.32. The third-order valence-electron chi connectivity index (χ3n) is 2.80. The van der Waals surface area contributed by atoms with E-state index in [4.69, 9.17) is 0 Å². The SMILES string of the molecule is FC(F)(F)c1ccc(C(C#Cc2ccccc2)=C(Br)Br)cc1. The topological polar surface area (TPSA) is 0 Å². The Bertz CT molecular complexity index is 729. The first kappa shape index (κ1) is 16.9. The Kier molecular flexibility index (Phi) is 5.49. The fourth-order valence-electron chi connectivity index (χ4n) is 1.71. The van der Waals surface area contributed by atoms with Crippen molar-refractivity contribution < 1.29 is 13.2 Å². The minimum atomic E-state index is -4.34. The van der Waals surface area contributed by atoms with Gasteiger partial charge in [0.2, 0.25) is 0 Å². The minimum absolute atomic E-state index is 0.581. The summed E-state index contributed by atoms with van der Waals surface area (Å²) in [6.45, 7) is 0. The Morgan fingerprint density at radius 1 is 0.864 bits per heavy atom. The zero-order valence-electron chi connectivity index (χ0n) is 11.1. The third kappa shape index (κ3) is 4.49. The summed E-state index contributed by atoms with van der Waals surface area (Å²) in [6, 6.07) is 14.2. The first-order valence-electron chi connectivity index (χ1n) is 6.18. The molecule has 0 aliphatic rings. The lowest BCUT2D eigenvalue weighted by Crippen LogP contribution is -2.04. The quantitative estimate of drug-likeness (QED) is 0.472. The van der Waals surface area contributed by atoms with Gasteiger partial charge in [-0.3, -0.25) is 0 Å². The van der Waals surface area contributed by atoms with Crippen molar-refractivity contribution >= 4 is 37.4 Å². The van der Waals surface area contributed by atoms with Crippen molar-refractivity contribution in [2.24, 2.45) is 0 Å². The molecule has 0 amide bonds. The van der Waals surface area contributed by atoms with Crippen LogP contribution in [0.1, 0.15) is 16.7 Å². The van der Waals surface area contributed by atoms with E-state index in [1.165, 1.54) is 12.1 Å². The van der Waals surface area contributed by atoms with Crippen LogP contribution in [0.3, 0.4) is 0 Å². The highest BCUT2D eigenvalue weighted by atomic mass is 79.9. The molecule has 5 heteroatoms. The summed E-state index contributed by atoms with van der Waals surface area (Å²) in [7, 11) is 0. The van der Waals surface area contributed by atoms with Gasteiger partial charge in [-0.1, -0.05) is 42.2 Å². The normalized spacial score (nSPS) is 10.6. The van der Waals surface area contributed by atoms with Gasteiger partial charge in [0.25, 0.3) is 0 Å². The lowest BCUT2D eigenvalue weighted by Gasteiger charge is -2.07. The zero-order chi connectivity index (χ0) is 16.2. The van der Waals surface area contributed by atoms with Gasteiger partial charge in [0.05, 0.1) is 14.5 Å². The lowest BCUT2D eigenvalue weighted by molar-refractivity contribution is -0.137. The molecular formula is C17H9Br2F3. The van der Waals surface area contributed by atoms with Crippen LogP contribution in [0.25, 0.3) is 5.57 Å². The van der Waals surface area contributed by atoms with Crippen LogP contribution in [0.4, 0.5) is 13.2 Å². The Balaban J connectivity index is 2.35. The molecule has 0 radical (unpaired) electrons. The molecule has 2 aromatic carbocycles. The van der Waals surface area contributed by atoms with Crippen molar-refractivity contribution in [3.8, 4) is 11.8 Å². The van der Waals surface area contributed by atoms with E-state index in [1.807, 2.05) is 30.3 Å². The number of halogens is 5. The van der Waals surface area contributed by atoms with Crippen molar-refractivity contribution in [3.05, 3.63) is 74.7 Å². The highest BCUT2D eigenvalue weighted by Crippen LogP contribution is 2.32. The van der Waals surface area contributed by atoms with E-state index in [-0.39, 0.29) is 0 Å². The van der Waals surface area contributed by atoms with Crippen molar-refractivity contribution in [1.82, 2.24) is 0 Å². The monoisotopic (exact) mass is 428 g/mol. The molecule has 0 spiro atoms. The van der Waals surface area contributed by atoms with E-state index in [0.29, 0.717) is 14.5 Å². The molecular weight excluding hydrogens is 421 g/mol. The maximum Gasteiger partial charge on any atom is 0.416 e. The molecule has 112 valence electrons. The number of hydrogen-bond donors (Lipinski definition) is 0. The van der Waals surface area contributed by atoms with E-state index in [0.717, 1.165) is 17.7 Å². The second-order valence-electron chi connectivity index (χ2n) is 4.33. The summed E-state index contributed by atoms with van der Waals surface area (Å²) in [5.74, 6) is 5.94. The molecule has 0 aliphatic heterocycles. The molecule has 0 N–H and O–H groups in total. The molecule has 0 bridgehead atoms. The fraction of sp³-hybridized carbons (Fsp3) is 0.0588. The summed E-state index contributed by atoms with van der Waals surface area (Å²) in [6.07, 6.45) is -4.34. The van der Waals surface area contributed by atoms with Gasteiger partial charge in [-0.15, -0.1) is 0 Å². The Morgan fingerprint density at radius 2 is 1.45 bits per heavy atom. The second-order valence-corrected chi connectivity index (χ2v) is 6.98. The average Bonchev–Trinajstić information content (AvgIpc) is 2.48. The predicted octanol–water partition coefficient (Wildman–Crippen LogP) is 6.22. The molecule has 0 aromatic heterocycles. The molecule has 0 saturated carbocycles. The number of rotatable bonds is 1. The third-order valence-corrected chi connectivity index (χ3v) is 3.59. The van der Waals surface area contributed by atoms with Crippen LogP contribution in [0.2, 0.25) is 0 Å². The number of benzene rings is 2. The van der Waals surface area contributed by atoms with Crippen LogP contribution < -0.4 is 0 Å². The lowest BCUT2D eigenvalue weighted by atomic mass is 10.1. The fourth-order valence-corrected chi connectivity index (χ4v) is 2.37. The standard InChI is InChI=1S/C17H9Br2F3/c18-16(19)15(11-6-12-4-2-1-3-5-12)13-7-9-14(10-8-13)17(20,21)22/h1-5,7-10H. The average molecular weight is 430 g/mol. The van der Waals surface area contributed by atoms with Crippen LogP contribution in [-0.2, 0) is 6.18 Å². The molecule has 0 fully saturated rings. The largest absolute Gasteiger partial charge is 0.416 e. The summed E-state index contributed by atoms with van der Waals surface area (Å²) >= 11 is 6.56. The van der Waals surface area contributed by atoms with Gasteiger partial charge in [-0.05, 0) is 61.7 Å². The van der Waals surface area contributed by atoms with Crippen molar-refractivity contribution in [3.63, 3.8) is 0 Å². The van der Waals surface area contributed by atoms with Crippen molar-refractivity contribution in [2.45, 2.75) is 6.18 Å². The van der Waals surface area contributed by atoms with Gasteiger partial charge >= 0.3 is 6.18 Å². The molecule has 0 nitrogen and oxygen atoms in total. The number of alkyl halides is 3. The van der Waals surface area contributed by atoms with Crippen molar-refractivity contribution in [1.29, 1.82) is 0 Å². The molecule has 0 unspecified atom stereocenters. The Morgan fingerprint density at radius 3 is 1.95 bits per heavy atom. The molecule has 0 aliphatic carbocycles. The van der Waals surface area contributed by atoms with E-state index < -0.39 is 11.7 Å². The van der Waals surface area contributed by atoms with Gasteiger partial charge in [-0.25, -0.2) is 0 Å². The molecule has 22 heavy (non-hydrogen) atoms. The van der Waals surface area contributed by atoms with E-state index >= 15 is 0 Å². The molecule has 0 saturated heterocycles. The Labute approximate surface area is 143 Å². The van der Waals surface area contributed by atoms with Gasteiger partial charge in [0, 0.05) is 5.56 Å². The maximum absolute atomic E-state index is 12.6. The smallest absolute Gasteiger partial charge is 0.166 e. The first-order valence-corrected chi connectivity index (χ1v) is 7.76. The number of allylic oxidation sites excluding steroid dienone is 1. The van der Waals surface area contributed by atoms with Crippen LogP contribution in [-0.4, -0.2) is 0 Å². The minimum Gasteiger partial charge on any atom is -0.166 e. The molecule has 0 heterocycles. The maximum atomic E-state index is 12.6.